The van der Waals surface area contributed by atoms with Gasteiger partial charge in [-0.25, -0.2) is 9.37 Å². The van der Waals surface area contributed by atoms with Gasteiger partial charge in [0, 0.05) is 0 Å². The molecule has 1 atom stereocenters. The summed E-state index contributed by atoms with van der Waals surface area (Å²) in [5.41, 5.74) is 1.68. The standard InChI is InChI=1S/C18H17FN2O3/c1-11-4-3-5-13-17(11)20-10-21(18(13)23)9-15(22)12-6-7-16(24-2)14(19)8-12/h3-8,10,15,22H,9H2,1-2H3. The molecule has 2 aromatic carbocycles. The normalized spacial score (nSPS) is 12.3. The van der Waals surface area contributed by atoms with Crippen molar-refractivity contribution >= 4 is 10.9 Å². The molecular formula is C18H17FN2O3. The van der Waals surface area contributed by atoms with Gasteiger partial charge in [-0.15, -0.1) is 0 Å². The number of aromatic nitrogens is 2. The van der Waals surface area contributed by atoms with Crippen molar-refractivity contribution in [3.8, 4) is 5.75 Å². The van der Waals surface area contributed by atoms with Crippen molar-refractivity contribution in [1.82, 2.24) is 9.55 Å². The predicted molar refractivity (Wildman–Crippen MR) is 88.7 cm³/mol. The number of para-hydroxylation sites is 1. The van der Waals surface area contributed by atoms with E-state index in [2.05, 4.69) is 4.98 Å². The number of aliphatic hydroxyl groups excluding tert-OH is 1. The smallest absolute Gasteiger partial charge is 0.261 e. The fourth-order valence-corrected chi connectivity index (χ4v) is 2.65. The number of rotatable bonds is 4. The zero-order valence-corrected chi connectivity index (χ0v) is 13.4. The Balaban J connectivity index is 1.93. The largest absolute Gasteiger partial charge is 0.494 e. The Hall–Kier alpha value is -2.73. The van der Waals surface area contributed by atoms with E-state index in [1.54, 1.807) is 18.2 Å². The summed E-state index contributed by atoms with van der Waals surface area (Å²) < 4.78 is 19.9. The summed E-state index contributed by atoms with van der Waals surface area (Å²) in [6.07, 6.45) is 0.369. The second-order valence-electron chi connectivity index (χ2n) is 5.58. The summed E-state index contributed by atoms with van der Waals surface area (Å²) in [6, 6.07) is 9.59. The van der Waals surface area contributed by atoms with Gasteiger partial charge in [0.05, 0.1) is 37.0 Å². The number of aryl methyl sites for hydroxylation is 1. The third-order valence-electron chi connectivity index (χ3n) is 3.99. The predicted octanol–water partition coefficient (Wildman–Crippen LogP) is 2.59. The molecule has 0 aliphatic rings. The average molecular weight is 328 g/mol. The van der Waals surface area contributed by atoms with Gasteiger partial charge in [0.25, 0.3) is 5.56 Å². The monoisotopic (exact) mass is 328 g/mol. The molecule has 3 rings (SSSR count). The number of benzene rings is 2. The lowest BCUT2D eigenvalue weighted by Crippen LogP contribution is -2.24. The van der Waals surface area contributed by atoms with Gasteiger partial charge in [0.2, 0.25) is 0 Å². The Morgan fingerprint density at radius 1 is 1.33 bits per heavy atom. The van der Waals surface area contributed by atoms with E-state index in [9.17, 15) is 14.3 Å². The van der Waals surface area contributed by atoms with Crippen LogP contribution in [-0.4, -0.2) is 21.8 Å². The van der Waals surface area contributed by atoms with E-state index < -0.39 is 11.9 Å². The highest BCUT2D eigenvalue weighted by Crippen LogP contribution is 2.22. The van der Waals surface area contributed by atoms with E-state index in [0.29, 0.717) is 16.5 Å². The van der Waals surface area contributed by atoms with E-state index in [1.165, 1.54) is 30.1 Å². The van der Waals surface area contributed by atoms with Crippen LogP contribution >= 0.6 is 0 Å². The van der Waals surface area contributed by atoms with Crippen molar-refractivity contribution in [3.63, 3.8) is 0 Å². The van der Waals surface area contributed by atoms with Crippen LogP contribution in [0.3, 0.4) is 0 Å². The quantitative estimate of drug-likeness (QED) is 0.799. The molecule has 1 aromatic heterocycles. The van der Waals surface area contributed by atoms with Crippen molar-refractivity contribution in [2.75, 3.05) is 7.11 Å². The van der Waals surface area contributed by atoms with E-state index in [-0.39, 0.29) is 17.9 Å². The number of aliphatic hydroxyl groups is 1. The molecule has 0 fully saturated rings. The van der Waals surface area contributed by atoms with E-state index in [1.807, 2.05) is 13.0 Å². The molecule has 0 bridgehead atoms. The lowest BCUT2D eigenvalue weighted by atomic mass is 10.1. The second-order valence-corrected chi connectivity index (χ2v) is 5.58. The van der Waals surface area contributed by atoms with Gasteiger partial charge in [0.15, 0.2) is 11.6 Å². The molecule has 5 nitrogen and oxygen atoms in total. The van der Waals surface area contributed by atoms with Gasteiger partial charge < -0.3 is 9.84 Å². The third-order valence-corrected chi connectivity index (χ3v) is 3.99. The molecule has 24 heavy (non-hydrogen) atoms. The summed E-state index contributed by atoms with van der Waals surface area (Å²) in [6.45, 7) is 1.87. The zero-order valence-electron chi connectivity index (χ0n) is 13.4. The topological polar surface area (TPSA) is 64.3 Å². The van der Waals surface area contributed by atoms with Gasteiger partial charge in [-0.1, -0.05) is 18.2 Å². The summed E-state index contributed by atoms with van der Waals surface area (Å²) >= 11 is 0. The van der Waals surface area contributed by atoms with E-state index in [0.717, 1.165) is 5.56 Å². The molecule has 0 aliphatic heterocycles. The van der Waals surface area contributed by atoms with Crippen molar-refractivity contribution < 1.29 is 14.2 Å². The second kappa shape index (κ2) is 6.41. The van der Waals surface area contributed by atoms with Crippen LogP contribution in [-0.2, 0) is 6.54 Å². The van der Waals surface area contributed by atoms with Crippen LogP contribution < -0.4 is 10.3 Å². The zero-order chi connectivity index (χ0) is 17.3. The Morgan fingerprint density at radius 2 is 2.12 bits per heavy atom. The van der Waals surface area contributed by atoms with Crippen LogP contribution in [0.15, 0.2) is 47.5 Å². The van der Waals surface area contributed by atoms with E-state index >= 15 is 0 Å². The highest BCUT2D eigenvalue weighted by Gasteiger charge is 2.14. The van der Waals surface area contributed by atoms with Crippen LogP contribution in [0.5, 0.6) is 5.75 Å². The first-order valence-electron chi connectivity index (χ1n) is 7.47. The van der Waals surface area contributed by atoms with Crippen LogP contribution in [0.2, 0.25) is 0 Å². The molecule has 0 saturated carbocycles. The fourth-order valence-electron chi connectivity index (χ4n) is 2.65. The van der Waals surface area contributed by atoms with Gasteiger partial charge in [0.1, 0.15) is 0 Å². The first kappa shape index (κ1) is 16.1. The minimum atomic E-state index is -1.04. The Labute approximate surface area is 138 Å². The Kier molecular flexibility index (Phi) is 4.31. The minimum absolute atomic E-state index is 0.0124. The number of hydrogen-bond donors (Lipinski definition) is 1. The molecule has 1 N–H and O–H groups in total. The minimum Gasteiger partial charge on any atom is -0.494 e. The summed E-state index contributed by atoms with van der Waals surface area (Å²) in [7, 11) is 1.37. The third kappa shape index (κ3) is 2.88. The van der Waals surface area contributed by atoms with Gasteiger partial charge >= 0.3 is 0 Å². The molecular weight excluding hydrogens is 311 g/mol. The maximum absolute atomic E-state index is 13.8. The maximum Gasteiger partial charge on any atom is 0.261 e. The van der Waals surface area contributed by atoms with Crippen molar-refractivity contribution in [2.24, 2.45) is 0 Å². The van der Waals surface area contributed by atoms with Crippen molar-refractivity contribution in [2.45, 2.75) is 19.6 Å². The van der Waals surface area contributed by atoms with Crippen LogP contribution in [0.25, 0.3) is 10.9 Å². The number of fused-ring (bicyclic) bond motifs is 1. The number of hydrogen-bond acceptors (Lipinski definition) is 4. The lowest BCUT2D eigenvalue weighted by Gasteiger charge is -2.14. The summed E-state index contributed by atoms with van der Waals surface area (Å²) in [4.78, 5) is 16.8. The average Bonchev–Trinajstić information content (AvgIpc) is 2.57. The number of halogens is 1. The maximum atomic E-state index is 13.8. The SMILES string of the molecule is COc1ccc(C(O)Cn2cnc3c(C)cccc3c2=O)cc1F. The Bertz CT molecular complexity index is 953. The molecule has 124 valence electrons. The molecule has 1 heterocycles. The van der Waals surface area contributed by atoms with Gasteiger partial charge in [-0.3, -0.25) is 9.36 Å². The Morgan fingerprint density at radius 3 is 2.83 bits per heavy atom. The first-order valence-corrected chi connectivity index (χ1v) is 7.47. The van der Waals surface area contributed by atoms with Crippen LogP contribution in [0.4, 0.5) is 4.39 Å². The summed E-state index contributed by atoms with van der Waals surface area (Å²) in [5, 5.41) is 10.8. The number of ether oxygens (including phenoxy) is 1. The van der Waals surface area contributed by atoms with Gasteiger partial charge in [-0.2, -0.15) is 0 Å². The number of nitrogens with zero attached hydrogens (tertiary/aromatic N) is 2. The fraction of sp³-hybridized carbons (Fsp3) is 0.222. The van der Waals surface area contributed by atoms with Crippen LogP contribution in [0, 0.1) is 12.7 Å². The van der Waals surface area contributed by atoms with Crippen LogP contribution in [0.1, 0.15) is 17.2 Å². The highest BCUT2D eigenvalue weighted by molar-refractivity contribution is 5.80. The molecule has 0 amide bonds. The first-order chi connectivity index (χ1) is 11.5. The molecule has 1 unspecified atom stereocenters. The van der Waals surface area contributed by atoms with Gasteiger partial charge in [-0.05, 0) is 36.2 Å². The van der Waals surface area contributed by atoms with Crippen molar-refractivity contribution in [1.29, 1.82) is 0 Å². The highest BCUT2D eigenvalue weighted by atomic mass is 19.1. The van der Waals surface area contributed by atoms with Crippen molar-refractivity contribution in [3.05, 3.63) is 70.0 Å². The molecule has 0 radical (unpaired) electrons. The van der Waals surface area contributed by atoms with E-state index in [4.69, 9.17) is 4.74 Å². The molecule has 0 aliphatic carbocycles. The molecule has 3 aromatic rings. The summed E-state index contributed by atoms with van der Waals surface area (Å²) in [5.74, 6) is -0.459. The molecule has 6 heteroatoms. The number of methoxy groups -OCH3 is 1. The lowest BCUT2D eigenvalue weighted by molar-refractivity contribution is 0.154. The molecule has 0 saturated heterocycles. The molecule has 0 spiro atoms.